The van der Waals surface area contributed by atoms with Crippen molar-refractivity contribution in [3.8, 4) is 0 Å². The van der Waals surface area contributed by atoms with E-state index >= 15 is 0 Å². The van der Waals surface area contributed by atoms with Crippen molar-refractivity contribution in [2.45, 2.75) is 27.1 Å². The summed E-state index contributed by atoms with van der Waals surface area (Å²) in [6.07, 6.45) is -0.986. The molecule has 0 aromatic carbocycles. The molecule has 11 heavy (non-hydrogen) atoms. The lowest BCUT2D eigenvalue weighted by Gasteiger charge is -2.07. The summed E-state index contributed by atoms with van der Waals surface area (Å²) in [5.74, 6) is -0.537. The molecular formula is C6H14Cl2O3. The van der Waals surface area contributed by atoms with Crippen molar-refractivity contribution in [1.82, 2.24) is 0 Å². The number of carbonyl (C=O) groups excluding carboxylic acids is 1. The maximum atomic E-state index is 10.6. The van der Waals surface area contributed by atoms with E-state index in [0.29, 0.717) is 0 Å². The number of hydrogen-bond acceptors (Lipinski definition) is 3. The highest BCUT2D eigenvalue weighted by molar-refractivity contribution is 5.85. The summed E-state index contributed by atoms with van der Waals surface area (Å²) in [4.78, 5) is 10.6. The molecule has 1 unspecified atom stereocenters. The maximum absolute atomic E-state index is 10.6. The van der Waals surface area contributed by atoms with Gasteiger partial charge >= 0.3 is 5.97 Å². The molecular weight excluding hydrogens is 191 g/mol. The third-order valence-corrected chi connectivity index (χ3v) is 0.758. The highest BCUT2D eigenvalue weighted by Gasteiger charge is 2.09. The number of esters is 1. The van der Waals surface area contributed by atoms with Gasteiger partial charge in [0.15, 0.2) is 6.29 Å². The molecule has 1 atom stereocenters. The van der Waals surface area contributed by atoms with Gasteiger partial charge in [0, 0.05) is 0 Å². The van der Waals surface area contributed by atoms with Gasteiger partial charge in [0.1, 0.15) is 0 Å². The van der Waals surface area contributed by atoms with Crippen LogP contribution < -0.4 is 0 Å². The number of carbonyl (C=O) groups is 1. The van der Waals surface area contributed by atoms with Gasteiger partial charge in [-0.05, 0) is 6.92 Å². The highest BCUT2D eigenvalue weighted by atomic mass is 35.5. The van der Waals surface area contributed by atoms with Crippen LogP contribution in [0.4, 0.5) is 0 Å². The number of rotatable bonds is 2. The molecule has 0 heterocycles. The van der Waals surface area contributed by atoms with Gasteiger partial charge in [0.25, 0.3) is 0 Å². The molecule has 0 aromatic heterocycles. The molecule has 0 saturated carbocycles. The summed E-state index contributed by atoms with van der Waals surface area (Å²) >= 11 is 0. The van der Waals surface area contributed by atoms with E-state index in [1.807, 2.05) is 0 Å². The second-order valence-electron chi connectivity index (χ2n) is 2.19. The van der Waals surface area contributed by atoms with E-state index < -0.39 is 6.29 Å². The Morgan fingerprint density at radius 3 is 1.73 bits per heavy atom. The summed E-state index contributed by atoms with van der Waals surface area (Å²) in [5.41, 5.74) is 0. The fraction of sp³-hybridized carbons (Fsp3) is 0.833. The maximum Gasteiger partial charge on any atom is 0.310 e. The first-order valence-corrected chi connectivity index (χ1v) is 2.92. The Morgan fingerprint density at radius 2 is 1.64 bits per heavy atom. The number of hydrogen-bond donors (Lipinski definition) is 1. The minimum absolute atomic E-state index is 0. The predicted molar refractivity (Wildman–Crippen MR) is 47.1 cm³/mol. The lowest BCUT2D eigenvalue weighted by molar-refractivity contribution is -0.168. The molecule has 0 saturated heterocycles. The van der Waals surface area contributed by atoms with E-state index in [-0.39, 0.29) is 36.7 Å². The molecule has 0 rings (SSSR count). The predicted octanol–water partition coefficient (Wildman–Crippen LogP) is 1.37. The molecule has 0 fully saturated rings. The summed E-state index contributed by atoms with van der Waals surface area (Å²) in [6, 6.07) is 0. The molecule has 1 N–H and O–H groups in total. The van der Waals surface area contributed by atoms with Crippen LogP contribution in [0.1, 0.15) is 20.8 Å². The zero-order chi connectivity index (χ0) is 7.44. The van der Waals surface area contributed by atoms with E-state index in [1.54, 1.807) is 13.8 Å². The van der Waals surface area contributed by atoms with Gasteiger partial charge in [-0.3, -0.25) is 4.79 Å². The summed E-state index contributed by atoms with van der Waals surface area (Å²) in [6.45, 7) is 4.83. The second-order valence-corrected chi connectivity index (χ2v) is 2.19. The van der Waals surface area contributed by atoms with Crippen LogP contribution in [0.2, 0.25) is 0 Å². The smallest absolute Gasteiger partial charge is 0.310 e. The fourth-order valence-electron chi connectivity index (χ4n) is 0.304. The largest absolute Gasteiger partial charge is 0.436 e. The van der Waals surface area contributed by atoms with Gasteiger partial charge in [-0.25, -0.2) is 0 Å². The van der Waals surface area contributed by atoms with Gasteiger partial charge in [-0.2, -0.15) is 0 Å². The van der Waals surface area contributed by atoms with Crippen molar-refractivity contribution in [2.24, 2.45) is 5.92 Å². The van der Waals surface area contributed by atoms with Gasteiger partial charge in [-0.1, -0.05) is 13.8 Å². The molecule has 0 bridgehead atoms. The van der Waals surface area contributed by atoms with Crippen LogP contribution in [-0.4, -0.2) is 17.4 Å². The minimum Gasteiger partial charge on any atom is -0.436 e. The molecule has 0 aliphatic carbocycles. The van der Waals surface area contributed by atoms with E-state index in [1.165, 1.54) is 6.92 Å². The Labute approximate surface area is 78.9 Å². The SMILES string of the molecule is CC(O)OC(=O)C(C)C.Cl.Cl. The zero-order valence-electron chi connectivity index (χ0n) is 6.73. The highest BCUT2D eigenvalue weighted by Crippen LogP contribution is 1.97. The summed E-state index contributed by atoms with van der Waals surface area (Å²) in [5, 5.41) is 8.53. The van der Waals surface area contributed by atoms with Crippen LogP contribution in [0.25, 0.3) is 0 Å². The Morgan fingerprint density at radius 1 is 1.27 bits per heavy atom. The average Bonchev–Trinajstić information content (AvgIpc) is 1.63. The van der Waals surface area contributed by atoms with Crippen molar-refractivity contribution in [3.05, 3.63) is 0 Å². The van der Waals surface area contributed by atoms with E-state index in [4.69, 9.17) is 5.11 Å². The van der Waals surface area contributed by atoms with Crippen LogP contribution in [0, 0.1) is 5.92 Å². The molecule has 0 aliphatic heterocycles. The summed E-state index contributed by atoms with van der Waals surface area (Å²) in [7, 11) is 0. The van der Waals surface area contributed by atoms with Gasteiger partial charge in [0.2, 0.25) is 0 Å². The number of ether oxygens (including phenoxy) is 1. The molecule has 0 aliphatic rings. The van der Waals surface area contributed by atoms with E-state index in [9.17, 15) is 4.79 Å². The molecule has 70 valence electrons. The van der Waals surface area contributed by atoms with Gasteiger partial charge in [0.05, 0.1) is 5.92 Å². The van der Waals surface area contributed by atoms with Crippen molar-refractivity contribution in [2.75, 3.05) is 0 Å². The molecule has 0 amide bonds. The van der Waals surface area contributed by atoms with Crippen LogP contribution >= 0.6 is 24.8 Å². The molecule has 0 spiro atoms. The first-order valence-electron chi connectivity index (χ1n) is 2.92. The lowest BCUT2D eigenvalue weighted by atomic mass is 10.2. The normalized spacial score (nSPS) is 11.0. The van der Waals surface area contributed by atoms with Crippen LogP contribution in [-0.2, 0) is 9.53 Å². The monoisotopic (exact) mass is 204 g/mol. The molecule has 3 nitrogen and oxygen atoms in total. The van der Waals surface area contributed by atoms with Crippen molar-refractivity contribution >= 4 is 30.8 Å². The Bertz CT molecular complexity index is 104. The van der Waals surface area contributed by atoms with Crippen molar-refractivity contribution in [1.29, 1.82) is 0 Å². The number of halogens is 2. The van der Waals surface area contributed by atoms with Gasteiger partial charge < -0.3 is 9.84 Å². The minimum atomic E-state index is -0.986. The Kier molecular flexibility index (Phi) is 12.7. The Balaban J connectivity index is -0.000000320. The van der Waals surface area contributed by atoms with E-state index in [2.05, 4.69) is 4.74 Å². The molecule has 0 radical (unpaired) electrons. The standard InChI is InChI=1S/C6H12O3.2ClH/c1-4(2)6(8)9-5(3)7;;/h4-5,7H,1-3H3;2*1H. The fourth-order valence-corrected chi connectivity index (χ4v) is 0.304. The third-order valence-electron chi connectivity index (χ3n) is 0.758. The van der Waals surface area contributed by atoms with Crippen LogP contribution in [0.5, 0.6) is 0 Å². The first-order chi connectivity index (χ1) is 4.04. The second kappa shape index (κ2) is 8.11. The lowest BCUT2D eigenvalue weighted by Crippen LogP contribution is -2.18. The van der Waals surface area contributed by atoms with Crippen LogP contribution in [0.3, 0.4) is 0 Å². The third kappa shape index (κ3) is 10.0. The zero-order valence-corrected chi connectivity index (χ0v) is 8.37. The quantitative estimate of drug-likeness (QED) is 0.547. The first kappa shape index (κ1) is 17.2. The Hall–Kier alpha value is 0.01000. The molecule has 0 aromatic rings. The number of aliphatic hydroxyl groups is 1. The van der Waals surface area contributed by atoms with Crippen LogP contribution in [0.15, 0.2) is 0 Å². The average molecular weight is 205 g/mol. The van der Waals surface area contributed by atoms with E-state index in [0.717, 1.165) is 0 Å². The number of aliphatic hydroxyl groups excluding tert-OH is 1. The van der Waals surface area contributed by atoms with Crippen molar-refractivity contribution < 1.29 is 14.6 Å². The molecule has 5 heteroatoms. The van der Waals surface area contributed by atoms with Crippen molar-refractivity contribution in [3.63, 3.8) is 0 Å². The summed E-state index contributed by atoms with van der Waals surface area (Å²) < 4.78 is 4.43. The topological polar surface area (TPSA) is 46.5 Å². The van der Waals surface area contributed by atoms with Gasteiger partial charge in [-0.15, -0.1) is 24.8 Å².